The fourth-order valence-corrected chi connectivity index (χ4v) is 1.78. The molecule has 0 saturated heterocycles. The lowest BCUT2D eigenvalue weighted by atomic mass is 10.1. The minimum Gasteiger partial charge on any atom is -1.00 e. The molecule has 1 rings (SSSR count). The highest BCUT2D eigenvalue weighted by molar-refractivity contribution is 5.98. The molecule has 1 aromatic rings. The van der Waals surface area contributed by atoms with Gasteiger partial charge in [0.2, 0.25) is 0 Å². The Morgan fingerprint density at radius 2 is 1.74 bits per heavy atom. The van der Waals surface area contributed by atoms with Gasteiger partial charge in [0.1, 0.15) is 6.54 Å². The second-order valence-corrected chi connectivity index (χ2v) is 4.58. The fourth-order valence-electron chi connectivity index (χ4n) is 1.78. The van der Waals surface area contributed by atoms with Gasteiger partial charge in [0.05, 0.1) is 18.8 Å². The van der Waals surface area contributed by atoms with Crippen LogP contribution < -0.4 is 17.3 Å². The van der Waals surface area contributed by atoms with Crippen molar-refractivity contribution in [3.8, 4) is 0 Å². The smallest absolute Gasteiger partial charge is 0.165 e. The monoisotopic (exact) mass is 284 g/mol. The molecule has 0 saturated carbocycles. The zero-order valence-electron chi connectivity index (χ0n) is 12.4. The highest BCUT2D eigenvalue weighted by Gasteiger charge is 2.02. The molecule has 108 valence electrons. The molecule has 0 heterocycles. The van der Waals surface area contributed by atoms with Gasteiger partial charge in [-0.3, -0.25) is 0 Å². The molecule has 0 aliphatic heterocycles. The zero-order chi connectivity index (χ0) is 13.4. The summed E-state index contributed by atoms with van der Waals surface area (Å²) in [6.07, 6.45) is 0. The minimum absolute atomic E-state index is 0. The van der Waals surface area contributed by atoms with Gasteiger partial charge in [-0.05, 0) is 33.3 Å². The van der Waals surface area contributed by atoms with Crippen molar-refractivity contribution >= 4 is 5.71 Å². The van der Waals surface area contributed by atoms with Gasteiger partial charge in [0.15, 0.2) is 6.61 Å². The molecule has 0 aliphatic rings. The van der Waals surface area contributed by atoms with Crippen LogP contribution in [-0.4, -0.2) is 32.0 Å². The van der Waals surface area contributed by atoms with E-state index < -0.39 is 0 Å². The van der Waals surface area contributed by atoms with Gasteiger partial charge in [-0.15, -0.1) is 0 Å². The van der Waals surface area contributed by atoms with E-state index in [1.54, 1.807) is 0 Å². The molecule has 4 heteroatoms. The molecule has 1 aromatic carbocycles. The number of hydrogen-bond donors (Lipinski definition) is 1. The van der Waals surface area contributed by atoms with Crippen molar-refractivity contribution in [2.75, 3.05) is 26.2 Å². The average molecular weight is 285 g/mol. The predicted octanol–water partition coefficient (Wildman–Crippen LogP) is -1.34. The highest BCUT2D eigenvalue weighted by Crippen LogP contribution is 2.04. The molecule has 0 radical (unpaired) electrons. The van der Waals surface area contributed by atoms with Crippen molar-refractivity contribution in [2.45, 2.75) is 27.7 Å². The molecular weight excluding hydrogens is 260 g/mol. The third-order valence-corrected chi connectivity index (χ3v) is 3.22. The molecule has 0 fully saturated rings. The normalized spacial score (nSPS) is 11.3. The van der Waals surface area contributed by atoms with Crippen LogP contribution in [0, 0.1) is 6.92 Å². The van der Waals surface area contributed by atoms with E-state index in [0.29, 0.717) is 6.61 Å². The van der Waals surface area contributed by atoms with Gasteiger partial charge < -0.3 is 22.1 Å². The summed E-state index contributed by atoms with van der Waals surface area (Å²) >= 11 is 0. The zero-order valence-corrected chi connectivity index (χ0v) is 13.1. The lowest BCUT2D eigenvalue weighted by molar-refractivity contribution is -0.896. The molecular formula is C15H25ClN2O. The van der Waals surface area contributed by atoms with Crippen LogP contribution in [0.5, 0.6) is 0 Å². The number of oxime groups is 1. The van der Waals surface area contributed by atoms with E-state index in [1.165, 1.54) is 10.5 Å². The van der Waals surface area contributed by atoms with E-state index in [0.717, 1.165) is 30.9 Å². The number of hydrogen-bond acceptors (Lipinski definition) is 2. The van der Waals surface area contributed by atoms with Crippen molar-refractivity contribution in [2.24, 2.45) is 5.16 Å². The van der Waals surface area contributed by atoms with E-state index in [2.05, 4.69) is 50.2 Å². The van der Waals surface area contributed by atoms with Crippen LogP contribution in [0.2, 0.25) is 0 Å². The van der Waals surface area contributed by atoms with Gasteiger partial charge in [0.25, 0.3) is 0 Å². The molecule has 1 N–H and O–H groups in total. The van der Waals surface area contributed by atoms with Gasteiger partial charge in [-0.1, -0.05) is 35.0 Å². The predicted molar refractivity (Wildman–Crippen MR) is 76.3 cm³/mol. The maximum atomic E-state index is 5.38. The number of benzene rings is 1. The molecule has 19 heavy (non-hydrogen) atoms. The van der Waals surface area contributed by atoms with Crippen LogP contribution in [0.25, 0.3) is 0 Å². The molecule has 0 atom stereocenters. The quantitative estimate of drug-likeness (QED) is 0.375. The first-order chi connectivity index (χ1) is 8.67. The lowest BCUT2D eigenvalue weighted by Gasteiger charge is -2.14. The average Bonchev–Trinajstić information content (AvgIpc) is 2.39. The molecule has 0 aromatic heterocycles. The van der Waals surface area contributed by atoms with E-state index in [9.17, 15) is 0 Å². The van der Waals surface area contributed by atoms with E-state index in [-0.39, 0.29) is 12.4 Å². The second kappa shape index (κ2) is 9.82. The van der Waals surface area contributed by atoms with Gasteiger partial charge >= 0.3 is 0 Å². The van der Waals surface area contributed by atoms with Crippen molar-refractivity contribution in [3.05, 3.63) is 35.4 Å². The Bertz CT molecular complexity index is 372. The Kier molecular flexibility index (Phi) is 9.27. The largest absolute Gasteiger partial charge is 1.00 e. The van der Waals surface area contributed by atoms with Gasteiger partial charge in [0, 0.05) is 0 Å². The van der Waals surface area contributed by atoms with E-state index >= 15 is 0 Å². The number of nitrogens with one attached hydrogen (secondary N) is 1. The third-order valence-electron chi connectivity index (χ3n) is 3.22. The summed E-state index contributed by atoms with van der Waals surface area (Å²) in [5.41, 5.74) is 3.32. The number of rotatable bonds is 7. The van der Waals surface area contributed by atoms with Crippen molar-refractivity contribution in [1.82, 2.24) is 0 Å². The number of quaternary nitrogens is 1. The van der Waals surface area contributed by atoms with Crippen LogP contribution in [0.4, 0.5) is 0 Å². The van der Waals surface area contributed by atoms with Crippen molar-refractivity contribution in [1.29, 1.82) is 0 Å². The summed E-state index contributed by atoms with van der Waals surface area (Å²) in [4.78, 5) is 6.92. The topological polar surface area (TPSA) is 26.0 Å². The highest BCUT2D eigenvalue weighted by atomic mass is 35.5. The standard InChI is InChI=1S/C15H24N2O.ClH/c1-5-17(6-2)11-12-18-16-14(4)15-9-7-13(3)8-10-15;/h7-10H,5-6,11-12H2,1-4H3;1H/b16-14-;. The summed E-state index contributed by atoms with van der Waals surface area (Å²) < 4.78 is 0. The minimum atomic E-state index is 0. The van der Waals surface area contributed by atoms with Crippen molar-refractivity contribution in [3.63, 3.8) is 0 Å². The van der Waals surface area contributed by atoms with Crippen LogP contribution >= 0.6 is 0 Å². The third kappa shape index (κ3) is 6.60. The Hall–Kier alpha value is -1.06. The van der Waals surface area contributed by atoms with Gasteiger partial charge in [-0.25, -0.2) is 0 Å². The maximum absolute atomic E-state index is 5.38. The first-order valence-electron chi connectivity index (χ1n) is 6.74. The van der Waals surface area contributed by atoms with Crippen LogP contribution in [-0.2, 0) is 4.84 Å². The molecule has 0 unspecified atom stereocenters. The first kappa shape index (κ1) is 17.9. The maximum Gasteiger partial charge on any atom is 0.165 e. The molecule has 0 bridgehead atoms. The number of likely N-dealkylation sites (N-methyl/N-ethyl adjacent to an activating group) is 1. The summed E-state index contributed by atoms with van der Waals surface area (Å²) in [6, 6.07) is 8.34. The van der Waals surface area contributed by atoms with Crippen LogP contribution in [0.1, 0.15) is 31.9 Å². The summed E-state index contributed by atoms with van der Waals surface area (Å²) in [5.74, 6) is 0. The van der Waals surface area contributed by atoms with E-state index in [4.69, 9.17) is 4.84 Å². The van der Waals surface area contributed by atoms with E-state index in [1.807, 2.05) is 6.92 Å². The van der Waals surface area contributed by atoms with Gasteiger partial charge in [-0.2, -0.15) is 0 Å². The Labute approximate surface area is 123 Å². The SMILES string of the molecule is CC[NH+](CC)CCO/N=C(/C)c1ccc(C)cc1.[Cl-]. The first-order valence-corrected chi connectivity index (χ1v) is 6.74. The van der Waals surface area contributed by atoms with Crippen LogP contribution in [0.15, 0.2) is 29.4 Å². The summed E-state index contributed by atoms with van der Waals surface area (Å²) in [5, 5.41) is 4.17. The van der Waals surface area contributed by atoms with Crippen molar-refractivity contribution < 1.29 is 22.1 Å². The second-order valence-electron chi connectivity index (χ2n) is 4.58. The Morgan fingerprint density at radius 3 is 2.26 bits per heavy atom. The molecule has 0 spiro atoms. The molecule has 3 nitrogen and oxygen atoms in total. The Balaban J connectivity index is 0.00000324. The summed E-state index contributed by atoms with van der Waals surface area (Å²) in [7, 11) is 0. The molecule has 0 amide bonds. The Morgan fingerprint density at radius 1 is 1.16 bits per heavy atom. The molecule has 0 aliphatic carbocycles. The number of halogens is 1. The number of nitrogens with zero attached hydrogens (tertiary/aromatic N) is 1. The summed E-state index contributed by atoms with van der Waals surface area (Å²) in [6.45, 7) is 12.4. The lowest BCUT2D eigenvalue weighted by Crippen LogP contribution is -3.11. The fraction of sp³-hybridized carbons (Fsp3) is 0.533. The van der Waals surface area contributed by atoms with Crippen LogP contribution in [0.3, 0.4) is 0 Å². The number of aryl methyl sites for hydroxylation is 1.